The fourth-order valence-corrected chi connectivity index (χ4v) is 2.34. The molecule has 0 N–H and O–H groups in total. The maximum atomic E-state index is 13.4. The van der Waals surface area contributed by atoms with Crippen molar-refractivity contribution < 1.29 is 9.18 Å². The Labute approximate surface area is 120 Å². The Morgan fingerprint density at radius 1 is 1.56 bits per heavy atom. The van der Waals surface area contributed by atoms with Crippen LogP contribution in [0.3, 0.4) is 0 Å². The molecule has 0 saturated heterocycles. The summed E-state index contributed by atoms with van der Waals surface area (Å²) in [5.41, 5.74) is 0.384. The molecule has 1 amide bonds. The summed E-state index contributed by atoms with van der Waals surface area (Å²) in [5.74, 6) is 0.453. The first kappa shape index (κ1) is 15.5. The topological polar surface area (TPSA) is 20.3 Å². The predicted octanol–water partition coefficient (Wildman–Crippen LogP) is 3.80. The molecule has 18 heavy (non-hydrogen) atoms. The van der Waals surface area contributed by atoms with E-state index in [4.69, 9.17) is 0 Å². The van der Waals surface area contributed by atoms with E-state index in [2.05, 4.69) is 15.9 Å². The predicted molar refractivity (Wildman–Crippen MR) is 78.7 cm³/mol. The zero-order valence-electron chi connectivity index (χ0n) is 10.7. The number of carbonyl (C=O) groups is 1. The van der Waals surface area contributed by atoms with Gasteiger partial charge in [-0.2, -0.15) is 11.8 Å². The molecule has 2 nitrogen and oxygen atoms in total. The van der Waals surface area contributed by atoms with Crippen molar-refractivity contribution in [1.29, 1.82) is 0 Å². The van der Waals surface area contributed by atoms with E-state index in [1.54, 1.807) is 35.8 Å². The quantitative estimate of drug-likeness (QED) is 0.816. The van der Waals surface area contributed by atoms with E-state index >= 15 is 0 Å². The fraction of sp³-hybridized carbons (Fsp3) is 0.462. The number of carbonyl (C=O) groups excluding carboxylic acids is 1. The molecule has 0 fully saturated rings. The van der Waals surface area contributed by atoms with E-state index in [0.717, 1.165) is 12.2 Å². The van der Waals surface area contributed by atoms with Crippen molar-refractivity contribution in [3.05, 3.63) is 34.1 Å². The molecule has 1 atom stereocenters. The molecule has 0 aromatic heterocycles. The van der Waals surface area contributed by atoms with E-state index in [9.17, 15) is 9.18 Å². The van der Waals surface area contributed by atoms with Gasteiger partial charge in [0.05, 0.1) is 4.47 Å². The summed E-state index contributed by atoms with van der Waals surface area (Å²) in [6.07, 6.45) is 2.97. The van der Waals surface area contributed by atoms with Gasteiger partial charge in [-0.3, -0.25) is 4.79 Å². The van der Waals surface area contributed by atoms with Crippen molar-refractivity contribution in [3.63, 3.8) is 0 Å². The van der Waals surface area contributed by atoms with Crippen molar-refractivity contribution >= 4 is 33.6 Å². The summed E-state index contributed by atoms with van der Waals surface area (Å²) in [7, 11) is 1.76. The molecule has 0 heterocycles. The first-order chi connectivity index (χ1) is 8.47. The van der Waals surface area contributed by atoms with Crippen molar-refractivity contribution in [2.75, 3.05) is 19.1 Å². The maximum absolute atomic E-state index is 13.4. The maximum Gasteiger partial charge on any atom is 0.253 e. The molecular weight excluding hydrogens is 317 g/mol. The van der Waals surface area contributed by atoms with Crippen LogP contribution in [0.4, 0.5) is 4.39 Å². The van der Waals surface area contributed by atoms with Gasteiger partial charge in [0.1, 0.15) is 5.82 Å². The van der Waals surface area contributed by atoms with E-state index in [1.165, 1.54) is 6.07 Å². The van der Waals surface area contributed by atoms with Gasteiger partial charge >= 0.3 is 0 Å². The lowest BCUT2D eigenvalue weighted by atomic mass is 10.1. The average Bonchev–Trinajstić information content (AvgIpc) is 2.37. The lowest BCUT2D eigenvalue weighted by Crippen LogP contribution is -2.35. The Morgan fingerprint density at radius 2 is 2.22 bits per heavy atom. The highest BCUT2D eigenvalue weighted by Gasteiger charge is 2.18. The Kier molecular flexibility index (Phi) is 6.15. The van der Waals surface area contributed by atoms with E-state index < -0.39 is 5.82 Å². The molecule has 100 valence electrons. The summed E-state index contributed by atoms with van der Waals surface area (Å²) < 4.78 is 13.8. The third-order valence-electron chi connectivity index (χ3n) is 2.89. The van der Waals surface area contributed by atoms with Gasteiger partial charge in [0.25, 0.3) is 5.91 Å². The minimum absolute atomic E-state index is 0.144. The highest BCUT2D eigenvalue weighted by Crippen LogP contribution is 2.18. The molecule has 1 unspecified atom stereocenters. The Bertz CT molecular complexity index is 427. The number of benzene rings is 1. The number of thioether (sulfide) groups is 1. The van der Waals surface area contributed by atoms with Crippen LogP contribution in [-0.2, 0) is 0 Å². The standard InChI is InChI=1S/C13H17BrFNOS/c1-9(6-7-18-3)16(2)13(17)10-4-5-11(14)12(15)8-10/h4-5,8-9H,6-7H2,1-3H3. The number of hydrogen-bond acceptors (Lipinski definition) is 2. The lowest BCUT2D eigenvalue weighted by molar-refractivity contribution is 0.0741. The van der Waals surface area contributed by atoms with Crippen LogP contribution in [0.5, 0.6) is 0 Å². The molecule has 0 bridgehead atoms. The summed E-state index contributed by atoms with van der Waals surface area (Å²) in [6, 6.07) is 4.61. The first-order valence-corrected chi connectivity index (χ1v) is 7.87. The second-order valence-corrected chi connectivity index (χ2v) is 6.02. The molecule has 1 aromatic rings. The van der Waals surface area contributed by atoms with Crippen LogP contribution < -0.4 is 0 Å². The zero-order chi connectivity index (χ0) is 13.7. The van der Waals surface area contributed by atoms with Crippen molar-refractivity contribution in [3.8, 4) is 0 Å². The molecule has 0 spiro atoms. The molecule has 1 rings (SSSR count). The van der Waals surface area contributed by atoms with Crippen molar-refractivity contribution in [1.82, 2.24) is 4.90 Å². The summed E-state index contributed by atoms with van der Waals surface area (Å²) in [6.45, 7) is 2.00. The number of halogens is 2. The third-order valence-corrected chi connectivity index (χ3v) is 4.17. The first-order valence-electron chi connectivity index (χ1n) is 5.68. The minimum Gasteiger partial charge on any atom is -0.339 e. The monoisotopic (exact) mass is 333 g/mol. The SMILES string of the molecule is CSCCC(C)N(C)C(=O)c1ccc(Br)c(F)c1. The average molecular weight is 334 g/mol. The van der Waals surface area contributed by atoms with Crippen LogP contribution in [0.15, 0.2) is 22.7 Å². The second kappa shape index (κ2) is 7.14. The van der Waals surface area contributed by atoms with Gasteiger partial charge in [0, 0.05) is 18.7 Å². The number of nitrogens with zero attached hydrogens (tertiary/aromatic N) is 1. The molecule has 0 aliphatic carbocycles. The van der Waals surface area contributed by atoms with Crippen LogP contribution in [0.1, 0.15) is 23.7 Å². The third kappa shape index (κ3) is 3.99. The number of hydrogen-bond donors (Lipinski definition) is 0. The van der Waals surface area contributed by atoms with Crippen molar-refractivity contribution in [2.45, 2.75) is 19.4 Å². The van der Waals surface area contributed by atoms with Crippen LogP contribution in [-0.4, -0.2) is 35.9 Å². The molecule has 0 saturated carbocycles. The lowest BCUT2D eigenvalue weighted by Gasteiger charge is -2.25. The highest BCUT2D eigenvalue weighted by molar-refractivity contribution is 9.10. The van der Waals surface area contributed by atoms with Gasteiger partial charge in [-0.1, -0.05) is 0 Å². The minimum atomic E-state index is -0.411. The largest absolute Gasteiger partial charge is 0.339 e. The van der Waals surface area contributed by atoms with Gasteiger partial charge in [-0.05, 0) is 59.5 Å². The number of amides is 1. The van der Waals surface area contributed by atoms with Gasteiger partial charge in [-0.25, -0.2) is 4.39 Å². The van der Waals surface area contributed by atoms with Crippen LogP contribution in [0.25, 0.3) is 0 Å². The summed E-state index contributed by atoms with van der Waals surface area (Å²) in [4.78, 5) is 13.8. The van der Waals surface area contributed by atoms with Gasteiger partial charge in [-0.15, -0.1) is 0 Å². The summed E-state index contributed by atoms with van der Waals surface area (Å²) in [5, 5.41) is 0. The smallest absolute Gasteiger partial charge is 0.253 e. The Hall–Kier alpha value is -0.550. The molecule has 0 radical (unpaired) electrons. The molecule has 0 aliphatic rings. The van der Waals surface area contributed by atoms with E-state index in [0.29, 0.717) is 10.0 Å². The van der Waals surface area contributed by atoms with E-state index in [-0.39, 0.29) is 11.9 Å². The normalized spacial score (nSPS) is 12.3. The molecular formula is C13H17BrFNOS. The zero-order valence-corrected chi connectivity index (χ0v) is 13.1. The van der Waals surface area contributed by atoms with Gasteiger partial charge < -0.3 is 4.90 Å². The molecule has 1 aromatic carbocycles. The Morgan fingerprint density at radius 3 is 2.78 bits per heavy atom. The van der Waals surface area contributed by atoms with Gasteiger partial charge in [0.15, 0.2) is 0 Å². The summed E-state index contributed by atoms with van der Waals surface area (Å²) >= 11 is 4.83. The van der Waals surface area contributed by atoms with Gasteiger partial charge in [0.2, 0.25) is 0 Å². The van der Waals surface area contributed by atoms with E-state index in [1.807, 2.05) is 13.2 Å². The van der Waals surface area contributed by atoms with Crippen LogP contribution in [0, 0.1) is 5.82 Å². The van der Waals surface area contributed by atoms with Crippen LogP contribution in [0.2, 0.25) is 0 Å². The second-order valence-electron chi connectivity index (χ2n) is 4.18. The fourth-order valence-electron chi connectivity index (χ4n) is 1.52. The van der Waals surface area contributed by atoms with Crippen molar-refractivity contribution in [2.24, 2.45) is 0 Å². The Balaban J connectivity index is 2.76. The molecule has 0 aliphatic heterocycles. The van der Waals surface area contributed by atoms with Crippen LogP contribution >= 0.6 is 27.7 Å². The highest BCUT2D eigenvalue weighted by atomic mass is 79.9. The number of rotatable bonds is 5. The molecule has 5 heteroatoms.